The van der Waals surface area contributed by atoms with Gasteiger partial charge in [-0.05, 0) is 67.7 Å². The second kappa shape index (κ2) is 6.55. The van der Waals surface area contributed by atoms with Crippen molar-refractivity contribution < 1.29 is 4.74 Å². The summed E-state index contributed by atoms with van der Waals surface area (Å²) >= 11 is 6.22. The first-order valence-corrected chi connectivity index (χ1v) is 8.37. The van der Waals surface area contributed by atoms with Crippen molar-refractivity contribution in [2.45, 2.75) is 31.7 Å². The topological polar surface area (TPSA) is 47.3 Å². The Labute approximate surface area is 132 Å². The Hall–Kier alpha value is -0.770. The molecule has 0 heterocycles. The first kappa shape index (κ1) is 15.1. The highest BCUT2D eigenvalue weighted by molar-refractivity contribution is 6.32. The first-order valence-electron chi connectivity index (χ1n) is 7.99. The molecule has 0 saturated heterocycles. The van der Waals surface area contributed by atoms with Gasteiger partial charge in [0, 0.05) is 12.6 Å². The van der Waals surface area contributed by atoms with E-state index >= 15 is 0 Å². The first-order chi connectivity index (χ1) is 10.2. The summed E-state index contributed by atoms with van der Waals surface area (Å²) in [5.74, 6) is 3.49. The standard InChI is InChI=1S/C17H25ClN2O/c1-21-17-7-6-13(8-15(17)18)16(9-19)20-10-14(11-2-3-11)12-4-5-12/h6-8,11-12,14,16,20H,2-5,9-10,19H2,1H3. The molecule has 0 spiro atoms. The van der Waals surface area contributed by atoms with Crippen molar-refractivity contribution in [3.63, 3.8) is 0 Å². The molecule has 0 aliphatic heterocycles. The predicted molar refractivity (Wildman–Crippen MR) is 86.7 cm³/mol. The van der Waals surface area contributed by atoms with Gasteiger partial charge < -0.3 is 15.8 Å². The summed E-state index contributed by atoms with van der Waals surface area (Å²) in [6, 6.07) is 6.11. The quantitative estimate of drug-likeness (QED) is 0.774. The molecule has 21 heavy (non-hydrogen) atoms. The second-order valence-corrected chi connectivity index (χ2v) is 6.84. The second-order valence-electron chi connectivity index (χ2n) is 6.43. The maximum atomic E-state index is 6.22. The Bertz CT molecular complexity index is 474. The number of ether oxygens (including phenoxy) is 1. The molecule has 1 aromatic carbocycles. The van der Waals surface area contributed by atoms with Gasteiger partial charge in [-0.1, -0.05) is 17.7 Å². The van der Waals surface area contributed by atoms with Crippen LogP contribution in [-0.2, 0) is 0 Å². The van der Waals surface area contributed by atoms with Crippen molar-refractivity contribution in [1.29, 1.82) is 0 Å². The molecule has 1 unspecified atom stereocenters. The van der Waals surface area contributed by atoms with Crippen LogP contribution >= 0.6 is 11.6 Å². The molecule has 0 radical (unpaired) electrons. The van der Waals surface area contributed by atoms with Crippen molar-refractivity contribution >= 4 is 11.6 Å². The Morgan fingerprint density at radius 2 is 1.95 bits per heavy atom. The average molecular weight is 309 g/mol. The van der Waals surface area contributed by atoms with E-state index in [1.54, 1.807) is 7.11 Å². The molecule has 2 fully saturated rings. The van der Waals surface area contributed by atoms with Crippen molar-refractivity contribution in [3.05, 3.63) is 28.8 Å². The van der Waals surface area contributed by atoms with Crippen molar-refractivity contribution in [1.82, 2.24) is 5.32 Å². The third kappa shape index (κ3) is 3.71. The van der Waals surface area contributed by atoms with Crippen LogP contribution < -0.4 is 15.8 Å². The van der Waals surface area contributed by atoms with Crippen molar-refractivity contribution in [2.75, 3.05) is 20.2 Å². The minimum Gasteiger partial charge on any atom is -0.495 e. The molecule has 3 nitrogen and oxygen atoms in total. The maximum absolute atomic E-state index is 6.22. The van der Waals surface area contributed by atoms with E-state index < -0.39 is 0 Å². The van der Waals surface area contributed by atoms with E-state index in [9.17, 15) is 0 Å². The monoisotopic (exact) mass is 308 g/mol. The van der Waals surface area contributed by atoms with Gasteiger partial charge in [0.05, 0.1) is 12.1 Å². The van der Waals surface area contributed by atoms with E-state index in [1.165, 1.54) is 25.7 Å². The molecule has 2 aliphatic rings. The predicted octanol–water partition coefficient (Wildman–Crippen LogP) is 3.37. The van der Waals surface area contributed by atoms with Crippen LogP contribution in [0.1, 0.15) is 37.3 Å². The fourth-order valence-corrected chi connectivity index (χ4v) is 3.55. The van der Waals surface area contributed by atoms with Gasteiger partial charge in [0.25, 0.3) is 0 Å². The summed E-state index contributed by atoms with van der Waals surface area (Å²) < 4.78 is 5.21. The lowest BCUT2D eigenvalue weighted by molar-refractivity contribution is 0.357. The molecule has 2 saturated carbocycles. The molecule has 0 bridgehead atoms. The van der Waals surface area contributed by atoms with Crippen LogP contribution in [0.15, 0.2) is 18.2 Å². The summed E-state index contributed by atoms with van der Waals surface area (Å²) in [5, 5.41) is 4.32. The third-order valence-electron chi connectivity index (χ3n) is 4.87. The van der Waals surface area contributed by atoms with E-state index in [-0.39, 0.29) is 6.04 Å². The molecule has 4 heteroatoms. The number of methoxy groups -OCH3 is 1. The number of hydrogen-bond donors (Lipinski definition) is 2. The van der Waals surface area contributed by atoms with Gasteiger partial charge >= 0.3 is 0 Å². The zero-order valence-electron chi connectivity index (χ0n) is 12.6. The Kier molecular flexibility index (Phi) is 4.72. The summed E-state index contributed by atoms with van der Waals surface area (Å²) in [5.41, 5.74) is 7.11. The molecule has 1 atom stereocenters. The lowest BCUT2D eigenvalue weighted by atomic mass is 9.97. The van der Waals surface area contributed by atoms with Gasteiger partial charge in [0.1, 0.15) is 5.75 Å². The van der Waals surface area contributed by atoms with Crippen LogP contribution in [0.25, 0.3) is 0 Å². The minimum atomic E-state index is 0.174. The van der Waals surface area contributed by atoms with Crippen LogP contribution in [0.3, 0.4) is 0 Å². The largest absolute Gasteiger partial charge is 0.495 e. The normalized spacial score (nSPS) is 19.8. The van der Waals surface area contributed by atoms with Crippen LogP contribution in [0.5, 0.6) is 5.75 Å². The van der Waals surface area contributed by atoms with E-state index in [4.69, 9.17) is 22.1 Å². The Balaban J connectivity index is 1.62. The van der Waals surface area contributed by atoms with Gasteiger partial charge in [0.2, 0.25) is 0 Å². The summed E-state index contributed by atoms with van der Waals surface area (Å²) in [4.78, 5) is 0. The molecule has 2 aliphatic carbocycles. The molecule has 0 amide bonds. The zero-order valence-corrected chi connectivity index (χ0v) is 13.4. The fourth-order valence-electron chi connectivity index (χ4n) is 3.28. The van der Waals surface area contributed by atoms with E-state index in [0.717, 1.165) is 29.9 Å². The lowest BCUT2D eigenvalue weighted by Crippen LogP contribution is -2.33. The number of rotatable bonds is 8. The van der Waals surface area contributed by atoms with Gasteiger partial charge in [-0.25, -0.2) is 0 Å². The molecule has 3 N–H and O–H groups in total. The molecule has 1 aromatic rings. The highest BCUT2D eigenvalue weighted by Gasteiger charge is 2.41. The van der Waals surface area contributed by atoms with Crippen LogP contribution in [0.4, 0.5) is 0 Å². The maximum Gasteiger partial charge on any atom is 0.137 e. The van der Waals surface area contributed by atoms with E-state index in [0.29, 0.717) is 17.3 Å². The van der Waals surface area contributed by atoms with E-state index in [1.807, 2.05) is 12.1 Å². The number of benzene rings is 1. The average Bonchev–Trinajstić information content (AvgIpc) is 3.37. The summed E-state index contributed by atoms with van der Waals surface area (Å²) in [6.07, 6.45) is 5.68. The number of nitrogens with one attached hydrogen (secondary N) is 1. The molecule has 0 aromatic heterocycles. The summed E-state index contributed by atoms with van der Waals surface area (Å²) in [7, 11) is 1.63. The van der Waals surface area contributed by atoms with Crippen LogP contribution in [-0.4, -0.2) is 20.2 Å². The molecule has 116 valence electrons. The smallest absolute Gasteiger partial charge is 0.137 e. The van der Waals surface area contributed by atoms with Crippen molar-refractivity contribution in [2.24, 2.45) is 23.5 Å². The highest BCUT2D eigenvalue weighted by atomic mass is 35.5. The van der Waals surface area contributed by atoms with Gasteiger partial charge in [-0.3, -0.25) is 0 Å². The van der Waals surface area contributed by atoms with Crippen LogP contribution in [0.2, 0.25) is 5.02 Å². The molecule has 3 rings (SSSR count). The SMILES string of the molecule is COc1ccc(C(CN)NCC(C2CC2)C2CC2)cc1Cl. The van der Waals surface area contributed by atoms with E-state index in [2.05, 4.69) is 11.4 Å². The number of nitrogens with two attached hydrogens (primary N) is 1. The third-order valence-corrected chi connectivity index (χ3v) is 5.16. The Morgan fingerprint density at radius 3 is 2.43 bits per heavy atom. The minimum absolute atomic E-state index is 0.174. The highest BCUT2D eigenvalue weighted by Crippen LogP contribution is 2.49. The summed E-state index contributed by atoms with van der Waals surface area (Å²) in [6.45, 7) is 1.67. The number of halogens is 1. The fraction of sp³-hybridized carbons (Fsp3) is 0.647. The molecular weight excluding hydrogens is 284 g/mol. The van der Waals surface area contributed by atoms with Gasteiger partial charge in [0.15, 0.2) is 0 Å². The lowest BCUT2D eigenvalue weighted by Gasteiger charge is -2.23. The Morgan fingerprint density at radius 1 is 1.29 bits per heavy atom. The van der Waals surface area contributed by atoms with Crippen molar-refractivity contribution in [3.8, 4) is 5.75 Å². The number of hydrogen-bond acceptors (Lipinski definition) is 3. The van der Waals surface area contributed by atoms with Gasteiger partial charge in [-0.2, -0.15) is 0 Å². The van der Waals surface area contributed by atoms with Crippen LogP contribution in [0, 0.1) is 17.8 Å². The van der Waals surface area contributed by atoms with Gasteiger partial charge in [-0.15, -0.1) is 0 Å². The molecular formula is C17H25ClN2O. The zero-order chi connectivity index (χ0) is 14.8.